The lowest BCUT2D eigenvalue weighted by Gasteiger charge is -2.56. The first kappa shape index (κ1) is 14.7. The van der Waals surface area contributed by atoms with E-state index < -0.39 is 10.1 Å². The lowest BCUT2D eigenvalue weighted by Crippen LogP contribution is -2.59. The quantitative estimate of drug-likeness (QED) is 0.850. The molecule has 0 amide bonds. The Bertz CT molecular complexity index is 696. The molecule has 0 spiro atoms. The average molecular weight is 321 g/mol. The summed E-state index contributed by atoms with van der Waals surface area (Å²) in [5, 5.41) is 3.65. The average Bonchev–Trinajstić information content (AvgIpc) is 2.54. The second kappa shape index (κ2) is 5.05. The highest BCUT2D eigenvalue weighted by molar-refractivity contribution is 7.86. The Labute approximate surface area is 132 Å². The van der Waals surface area contributed by atoms with Gasteiger partial charge in [0.05, 0.1) is 12.0 Å². The molecule has 1 heterocycles. The van der Waals surface area contributed by atoms with Crippen LogP contribution in [0.25, 0.3) is 0 Å². The molecular weight excluding hydrogens is 298 g/mol. The normalized spacial score (nSPS) is 33.9. The SMILES string of the molecule is COS(=O)(=O)c1cccc2c1C[C@H]1NCC[C@@]23CCCC[C@@H]13. The molecule has 3 atom stereocenters. The summed E-state index contributed by atoms with van der Waals surface area (Å²) >= 11 is 0. The number of fused-ring (bicyclic) bond motifs is 1. The van der Waals surface area contributed by atoms with E-state index in [2.05, 4.69) is 11.4 Å². The predicted molar refractivity (Wildman–Crippen MR) is 84.4 cm³/mol. The highest BCUT2D eigenvalue weighted by Gasteiger charge is 2.52. The molecule has 1 N–H and O–H groups in total. The Morgan fingerprint density at radius 2 is 2.14 bits per heavy atom. The molecule has 120 valence electrons. The lowest BCUT2D eigenvalue weighted by molar-refractivity contribution is 0.0788. The van der Waals surface area contributed by atoms with E-state index in [0.29, 0.717) is 16.9 Å². The topological polar surface area (TPSA) is 55.4 Å². The zero-order valence-electron chi connectivity index (χ0n) is 13.0. The van der Waals surface area contributed by atoms with Gasteiger partial charge in [0, 0.05) is 11.5 Å². The predicted octanol–water partition coefficient (Wildman–Crippen LogP) is 2.37. The summed E-state index contributed by atoms with van der Waals surface area (Å²) in [7, 11) is -2.39. The van der Waals surface area contributed by atoms with Crippen molar-refractivity contribution in [3.05, 3.63) is 29.3 Å². The lowest BCUT2D eigenvalue weighted by atomic mass is 9.53. The third-order valence-corrected chi connectivity index (χ3v) is 7.50. The van der Waals surface area contributed by atoms with Crippen molar-refractivity contribution >= 4 is 10.1 Å². The molecule has 5 heteroatoms. The molecule has 1 saturated carbocycles. The van der Waals surface area contributed by atoms with Crippen LogP contribution in [-0.2, 0) is 26.1 Å². The summed E-state index contributed by atoms with van der Waals surface area (Å²) in [5.41, 5.74) is 2.47. The maximum Gasteiger partial charge on any atom is 0.296 e. The Morgan fingerprint density at radius 3 is 2.95 bits per heavy atom. The van der Waals surface area contributed by atoms with Crippen molar-refractivity contribution in [2.75, 3.05) is 13.7 Å². The molecule has 0 radical (unpaired) electrons. The van der Waals surface area contributed by atoms with E-state index in [0.717, 1.165) is 24.9 Å². The first-order valence-electron chi connectivity index (χ1n) is 8.25. The molecule has 2 bridgehead atoms. The van der Waals surface area contributed by atoms with Gasteiger partial charge in [0.25, 0.3) is 10.1 Å². The maximum atomic E-state index is 12.3. The van der Waals surface area contributed by atoms with Crippen LogP contribution in [0.15, 0.2) is 23.1 Å². The Morgan fingerprint density at radius 1 is 1.27 bits per heavy atom. The van der Waals surface area contributed by atoms with Crippen LogP contribution >= 0.6 is 0 Å². The van der Waals surface area contributed by atoms with Gasteiger partial charge in [-0.1, -0.05) is 25.0 Å². The minimum atomic E-state index is -3.64. The molecule has 4 rings (SSSR count). The highest BCUT2D eigenvalue weighted by Crippen LogP contribution is 2.54. The van der Waals surface area contributed by atoms with Crippen molar-refractivity contribution in [2.24, 2.45) is 5.92 Å². The monoisotopic (exact) mass is 321 g/mol. The molecule has 1 aromatic carbocycles. The van der Waals surface area contributed by atoms with Crippen molar-refractivity contribution in [3.8, 4) is 0 Å². The number of hydrogen-bond acceptors (Lipinski definition) is 4. The van der Waals surface area contributed by atoms with Gasteiger partial charge in [-0.25, -0.2) is 0 Å². The second-order valence-electron chi connectivity index (χ2n) is 6.93. The van der Waals surface area contributed by atoms with E-state index >= 15 is 0 Å². The molecule has 1 aromatic rings. The molecule has 1 aliphatic heterocycles. The van der Waals surface area contributed by atoms with Crippen LogP contribution in [0.2, 0.25) is 0 Å². The summed E-state index contributed by atoms with van der Waals surface area (Å²) in [4.78, 5) is 0.379. The smallest absolute Gasteiger partial charge is 0.296 e. The van der Waals surface area contributed by atoms with Gasteiger partial charge in [0.2, 0.25) is 0 Å². The van der Waals surface area contributed by atoms with E-state index in [4.69, 9.17) is 4.18 Å². The molecule has 2 aliphatic carbocycles. The van der Waals surface area contributed by atoms with Crippen LogP contribution in [0, 0.1) is 5.92 Å². The van der Waals surface area contributed by atoms with Crippen LogP contribution in [0.3, 0.4) is 0 Å². The van der Waals surface area contributed by atoms with Crippen molar-refractivity contribution in [1.82, 2.24) is 5.32 Å². The summed E-state index contributed by atoms with van der Waals surface area (Å²) in [5.74, 6) is 0.656. The van der Waals surface area contributed by atoms with Crippen molar-refractivity contribution < 1.29 is 12.6 Å². The Hall–Kier alpha value is -0.910. The van der Waals surface area contributed by atoms with Crippen LogP contribution in [0.4, 0.5) is 0 Å². The third kappa shape index (κ3) is 1.92. The van der Waals surface area contributed by atoms with E-state index in [9.17, 15) is 8.42 Å². The van der Waals surface area contributed by atoms with Crippen molar-refractivity contribution in [2.45, 2.75) is 54.9 Å². The summed E-state index contributed by atoms with van der Waals surface area (Å²) in [6, 6.07) is 6.18. The fourth-order valence-corrected chi connectivity index (χ4v) is 6.18. The fourth-order valence-electron chi connectivity index (χ4n) is 5.26. The molecule has 2 fully saturated rings. The molecular formula is C17H23NO3S. The Kier molecular flexibility index (Phi) is 3.36. The summed E-state index contributed by atoms with van der Waals surface area (Å²) in [6.45, 7) is 1.04. The van der Waals surface area contributed by atoms with Gasteiger partial charge < -0.3 is 5.32 Å². The van der Waals surface area contributed by atoms with Gasteiger partial charge in [-0.15, -0.1) is 0 Å². The molecule has 1 saturated heterocycles. The summed E-state index contributed by atoms with van der Waals surface area (Å²) < 4.78 is 29.4. The van der Waals surface area contributed by atoms with Crippen molar-refractivity contribution in [3.63, 3.8) is 0 Å². The third-order valence-electron chi connectivity index (χ3n) is 6.14. The standard InChI is InChI=1S/C17H23NO3S/c1-21-22(19,20)16-7-4-6-13-12(16)11-15-14-5-2-3-8-17(13,14)9-10-18-15/h4,6-7,14-15,18H,2-3,5,8-11H2,1H3/t14-,15+,17-/m0/s1. The molecule has 4 nitrogen and oxygen atoms in total. The van der Waals surface area contributed by atoms with Crippen LogP contribution < -0.4 is 5.32 Å². The molecule has 22 heavy (non-hydrogen) atoms. The number of rotatable bonds is 2. The fraction of sp³-hybridized carbons (Fsp3) is 0.647. The zero-order valence-corrected chi connectivity index (χ0v) is 13.8. The minimum Gasteiger partial charge on any atom is -0.313 e. The van der Waals surface area contributed by atoms with Crippen LogP contribution in [0.1, 0.15) is 43.2 Å². The first-order valence-corrected chi connectivity index (χ1v) is 9.66. The van der Waals surface area contributed by atoms with E-state index in [1.54, 1.807) is 6.07 Å². The van der Waals surface area contributed by atoms with Gasteiger partial charge >= 0.3 is 0 Å². The van der Waals surface area contributed by atoms with Crippen LogP contribution in [-0.4, -0.2) is 28.1 Å². The number of piperidine rings is 1. The van der Waals surface area contributed by atoms with Gasteiger partial charge in [0.1, 0.15) is 0 Å². The number of benzene rings is 1. The minimum absolute atomic E-state index is 0.182. The maximum absolute atomic E-state index is 12.3. The molecule has 0 unspecified atom stereocenters. The second-order valence-corrected chi connectivity index (χ2v) is 8.61. The van der Waals surface area contributed by atoms with Crippen molar-refractivity contribution in [1.29, 1.82) is 0 Å². The largest absolute Gasteiger partial charge is 0.313 e. The van der Waals surface area contributed by atoms with Gasteiger partial charge in [0.15, 0.2) is 0 Å². The van der Waals surface area contributed by atoms with Gasteiger partial charge in [-0.3, -0.25) is 4.18 Å². The number of nitrogens with one attached hydrogen (secondary N) is 1. The zero-order chi connectivity index (χ0) is 15.4. The van der Waals surface area contributed by atoms with E-state index in [1.807, 2.05) is 6.07 Å². The van der Waals surface area contributed by atoms with E-state index in [1.165, 1.54) is 38.4 Å². The number of hydrogen-bond donors (Lipinski definition) is 1. The van der Waals surface area contributed by atoms with Crippen LogP contribution in [0.5, 0.6) is 0 Å². The van der Waals surface area contributed by atoms with E-state index in [-0.39, 0.29) is 5.41 Å². The molecule has 3 aliphatic rings. The first-order chi connectivity index (χ1) is 10.6. The molecule has 0 aromatic heterocycles. The van der Waals surface area contributed by atoms with Gasteiger partial charge in [-0.05, 0) is 55.3 Å². The van der Waals surface area contributed by atoms with Gasteiger partial charge in [-0.2, -0.15) is 8.42 Å². The Balaban J connectivity index is 1.94. The summed E-state index contributed by atoms with van der Waals surface area (Å²) in [6.07, 6.45) is 6.94. The highest BCUT2D eigenvalue weighted by atomic mass is 32.2.